The van der Waals surface area contributed by atoms with Gasteiger partial charge in [-0.05, 0) is 43.0 Å². The van der Waals surface area contributed by atoms with E-state index < -0.39 is 23.0 Å². The molecule has 2 unspecified atom stereocenters. The minimum Gasteiger partial charge on any atom is -0.393 e. The number of carbonyl (C=O) groups excluding carboxylic acids is 1. The molecule has 0 aliphatic carbocycles. The van der Waals surface area contributed by atoms with Gasteiger partial charge >= 0.3 is 0 Å². The Morgan fingerprint density at radius 3 is 2.48 bits per heavy atom. The number of aliphatic hydroxyl groups excluding tert-OH is 1. The van der Waals surface area contributed by atoms with Crippen LogP contribution in [-0.2, 0) is 15.8 Å². The third-order valence-electron chi connectivity index (χ3n) is 4.68. The molecule has 2 aromatic rings. The Hall–Kier alpha value is -2.65. The van der Waals surface area contributed by atoms with Crippen molar-refractivity contribution in [3.05, 3.63) is 47.4 Å². The first-order valence-electron chi connectivity index (χ1n) is 9.98. The molecule has 1 amide bonds. The van der Waals surface area contributed by atoms with Crippen molar-refractivity contribution in [3.63, 3.8) is 0 Å². The summed E-state index contributed by atoms with van der Waals surface area (Å²) in [7, 11) is 0.342. The number of aromatic nitrogens is 2. The van der Waals surface area contributed by atoms with Gasteiger partial charge in [-0.1, -0.05) is 26.0 Å². The molecule has 0 bridgehead atoms. The van der Waals surface area contributed by atoms with Crippen molar-refractivity contribution in [2.24, 2.45) is 5.73 Å². The molecule has 0 fully saturated rings. The average molecular weight is 449 g/mol. The van der Waals surface area contributed by atoms with Crippen molar-refractivity contribution in [1.29, 1.82) is 0 Å². The highest BCUT2D eigenvalue weighted by atomic mass is 32.2. The molecule has 1 aromatic carbocycles. The van der Waals surface area contributed by atoms with Crippen LogP contribution in [0.4, 0.5) is 10.3 Å². The largest absolute Gasteiger partial charge is 0.393 e. The van der Waals surface area contributed by atoms with E-state index >= 15 is 0 Å². The molecule has 168 valence electrons. The number of rotatable bonds is 10. The van der Waals surface area contributed by atoms with Crippen LogP contribution in [0.25, 0.3) is 17.3 Å². The predicted octanol–water partition coefficient (Wildman–Crippen LogP) is 3.17. The van der Waals surface area contributed by atoms with E-state index in [0.717, 1.165) is 11.3 Å². The van der Waals surface area contributed by atoms with Gasteiger partial charge < -0.3 is 10.8 Å². The number of hydrogen-bond donors (Lipinski definition) is 2. The first-order chi connectivity index (χ1) is 14.6. The highest BCUT2D eigenvalue weighted by molar-refractivity contribution is 7.85. The summed E-state index contributed by atoms with van der Waals surface area (Å²) in [5.41, 5.74) is 7.94. The number of benzene rings is 1. The van der Waals surface area contributed by atoms with Gasteiger partial charge in [0.25, 0.3) is 0 Å². The van der Waals surface area contributed by atoms with Gasteiger partial charge in [0.1, 0.15) is 16.8 Å². The van der Waals surface area contributed by atoms with Gasteiger partial charge in [-0.25, -0.2) is 18.6 Å². The van der Waals surface area contributed by atoms with Crippen LogP contribution in [-0.4, -0.2) is 44.6 Å². The smallest absolute Gasteiger partial charge is 0.237 e. The average Bonchev–Trinajstić information content (AvgIpc) is 2.70. The molecule has 0 aliphatic heterocycles. The van der Waals surface area contributed by atoms with Gasteiger partial charge in [-0.15, -0.1) is 0 Å². The molecule has 0 saturated carbocycles. The minimum atomic E-state index is -1.31. The summed E-state index contributed by atoms with van der Waals surface area (Å²) in [6.07, 6.45) is 5.33. The normalized spacial score (nSPS) is 13.5. The maximum absolute atomic E-state index is 13.5. The number of allylic oxidation sites excluding steroid dienone is 1. The maximum atomic E-state index is 13.5. The van der Waals surface area contributed by atoms with Crippen LogP contribution in [0.1, 0.15) is 50.3 Å². The lowest BCUT2D eigenvalue weighted by molar-refractivity contribution is -0.119. The number of halogens is 1. The van der Waals surface area contributed by atoms with Crippen molar-refractivity contribution in [1.82, 2.24) is 9.97 Å². The van der Waals surface area contributed by atoms with Crippen molar-refractivity contribution < 1.29 is 18.5 Å². The van der Waals surface area contributed by atoms with Crippen molar-refractivity contribution in [3.8, 4) is 11.3 Å². The van der Waals surface area contributed by atoms with Crippen LogP contribution in [0.5, 0.6) is 0 Å². The van der Waals surface area contributed by atoms with Crippen LogP contribution in [0.15, 0.2) is 30.3 Å². The number of nitrogens with zero attached hydrogens (tertiary/aromatic N) is 3. The van der Waals surface area contributed by atoms with Crippen molar-refractivity contribution in [2.45, 2.75) is 45.1 Å². The van der Waals surface area contributed by atoms with Gasteiger partial charge in [0.2, 0.25) is 11.9 Å². The van der Waals surface area contributed by atoms with Gasteiger partial charge in [0.15, 0.2) is 0 Å². The third-order valence-corrected chi connectivity index (χ3v) is 5.62. The number of nitrogens with two attached hydrogens (primary N) is 1. The second-order valence-electron chi connectivity index (χ2n) is 7.56. The SMILES string of the molecule is CC(C)c1nc(N(C)S(C)=O)nc(-c2ccc(F)cc2)c1/C=C/CCC(O)CC(N)=O. The van der Waals surface area contributed by atoms with Crippen LogP contribution < -0.4 is 10.0 Å². The number of aliphatic hydroxyl groups is 1. The van der Waals surface area contributed by atoms with E-state index in [0.29, 0.717) is 30.0 Å². The summed E-state index contributed by atoms with van der Waals surface area (Å²) < 4.78 is 27.0. The van der Waals surface area contributed by atoms with Crippen LogP contribution in [0.2, 0.25) is 0 Å². The molecule has 3 N–H and O–H groups in total. The maximum Gasteiger partial charge on any atom is 0.237 e. The summed E-state index contributed by atoms with van der Waals surface area (Å²) >= 11 is 0. The summed E-state index contributed by atoms with van der Waals surface area (Å²) in [6, 6.07) is 6.01. The highest BCUT2D eigenvalue weighted by Gasteiger charge is 2.19. The van der Waals surface area contributed by atoms with Gasteiger partial charge in [0, 0.05) is 24.4 Å². The number of amides is 1. The summed E-state index contributed by atoms with van der Waals surface area (Å²) in [5, 5.41) is 9.84. The molecule has 0 radical (unpaired) electrons. The molecular weight excluding hydrogens is 419 g/mol. The molecule has 1 heterocycles. The van der Waals surface area contributed by atoms with Gasteiger partial charge in [-0.2, -0.15) is 0 Å². The zero-order valence-electron chi connectivity index (χ0n) is 18.2. The Kier molecular flexibility index (Phi) is 8.82. The molecule has 0 spiro atoms. The van der Waals surface area contributed by atoms with E-state index in [2.05, 4.69) is 9.97 Å². The lowest BCUT2D eigenvalue weighted by Gasteiger charge is -2.20. The second-order valence-corrected chi connectivity index (χ2v) is 8.95. The number of primary amides is 1. The molecule has 9 heteroatoms. The Bertz CT molecular complexity index is 964. The van der Waals surface area contributed by atoms with Crippen LogP contribution >= 0.6 is 0 Å². The fourth-order valence-electron chi connectivity index (χ4n) is 2.99. The molecule has 7 nitrogen and oxygen atoms in total. The standard InChI is InChI=1S/C22H29FN4O3S/c1-14(2)20-18(8-6-5-7-17(28)13-19(24)29)21(15-9-11-16(23)12-10-15)26-22(25-20)27(3)31(4)30/h6,8-12,14,17,28H,5,7,13H2,1-4H3,(H2,24,29)/b8-6+. The fourth-order valence-corrected chi connectivity index (χ4v) is 3.30. The minimum absolute atomic E-state index is 0.0414. The number of hydrogen-bond acceptors (Lipinski definition) is 5. The quantitative estimate of drug-likeness (QED) is 0.580. The molecule has 2 rings (SSSR count). The van der Waals surface area contributed by atoms with Crippen molar-refractivity contribution >= 4 is 28.9 Å². The topological polar surface area (TPSA) is 109 Å². The monoisotopic (exact) mass is 448 g/mol. The Morgan fingerprint density at radius 2 is 1.94 bits per heavy atom. The van der Waals surface area contributed by atoms with E-state index in [9.17, 15) is 18.5 Å². The van der Waals surface area contributed by atoms with Crippen LogP contribution in [0, 0.1) is 5.82 Å². The highest BCUT2D eigenvalue weighted by Crippen LogP contribution is 2.31. The lowest BCUT2D eigenvalue weighted by Crippen LogP contribution is -2.22. The molecule has 0 saturated heterocycles. The Balaban J connectivity index is 2.50. The molecule has 2 atom stereocenters. The van der Waals surface area contributed by atoms with E-state index in [1.54, 1.807) is 25.4 Å². The summed E-state index contributed by atoms with van der Waals surface area (Å²) in [6.45, 7) is 3.99. The predicted molar refractivity (Wildman–Crippen MR) is 122 cm³/mol. The zero-order chi connectivity index (χ0) is 23.1. The Morgan fingerprint density at radius 1 is 1.29 bits per heavy atom. The third kappa shape index (κ3) is 6.93. The van der Waals surface area contributed by atoms with E-state index in [-0.39, 0.29) is 18.2 Å². The van der Waals surface area contributed by atoms with Crippen molar-refractivity contribution in [2.75, 3.05) is 17.6 Å². The number of anilines is 1. The first-order valence-corrected chi connectivity index (χ1v) is 11.5. The van der Waals surface area contributed by atoms with Gasteiger partial charge in [0.05, 0.1) is 23.9 Å². The summed E-state index contributed by atoms with van der Waals surface area (Å²) in [5.74, 6) is -0.536. The Labute approximate surface area is 184 Å². The molecule has 31 heavy (non-hydrogen) atoms. The molecule has 0 aliphatic rings. The molecular formula is C22H29FN4O3S. The van der Waals surface area contributed by atoms with Crippen LogP contribution in [0.3, 0.4) is 0 Å². The van der Waals surface area contributed by atoms with E-state index in [1.165, 1.54) is 16.4 Å². The fraction of sp³-hybridized carbons (Fsp3) is 0.409. The number of carbonyl (C=O) groups is 1. The van der Waals surface area contributed by atoms with E-state index in [4.69, 9.17) is 5.73 Å². The lowest BCUT2D eigenvalue weighted by atomic mass is 9.97. The summed E-state index contributed by atoms with van der Waals surface area (Å²) in [4.78, 5) is 20.2. The second kappa shape index (κ2) is 11.1. The molecule has 1 aromatic heterocycles. The zero-order valence-corrected chi connectivity index (χ0v) is 19.0. The first kappa shape index (κ1) is 24.6. The van der Waals surface area contributed by atoms with Gasteiger partial charge in [-0.3, -0.25) is 9.10 Å². The van der Waals surface area contributed by atoms with E-state index in [1.807, 2.05) is 26.0 Å².